The van der Waals surface area contributed by atoms with Gasteiger partial charge in [-0.25, -0.2) is 0 Å². The third-order valence-corrected chi connectivity index (χ3v) is 4.00. The highest BCUT2D eigenvalue weighted by atomic mass is 32.1. The average molecular weight is 377 g/mol. The van der Waals surface area contributed by atoms with E-state index >= 15 is 0 Å². The maximum absolute atomic E-state index is 11.1. The van der Waals surface area contributed by atoms with Crippen molar-refractivity contribution >= 4 is 41.1 Å². The third kappa shape index (κ3) is 4.62. The number of nitrogens with zero attached hydrogens (tertiary/aromatic N) is 5. The van der Waals surface area contributed by atoms with E-state index in [4.69, 9.17) is 0 Å². The fraction of sp³-hybridized carbons (Fsp3) is 0.0526. The van der Waals surface area contributed by atoms with E-state index in [9.17, 15) is 10.1 Å². The van der Waals surface area contributed by atoms with Crippen LogP contribution in [-0.4, -0.2) is 4.92 Å². The number of hydrogen-bond acceptors (Lipinski definition) is 7. The molecule has 0 saturated heterocycles. The van der Waals surface area contributed by atoms with Crippen molar-refractivity contribution < 1.29 is 4.92 Å². The van der Waals surface area contributed by atoms with Gasteiger partial charge in [0.2, 0.25) is 0 Å². The van der Waals surface area contributed by atoms with Crippen LogP contribution in [-0.2, 0) is 0 Å². The molecule has 3 aromatic rings. The number of azo groups is 2. The fourth-order valence-corrected chi connectivity index (χ4v) is 2.45. The Kier molecular flexibility index (Phi) is 5.68. The summed E-state index contributed by atoms with van der Waals surface area (Å²) in [7, 11) is 0. The van der Waals surface area contributed by atoms with Gasteiger partial charge in [0.15, 0.2) is 5.69 Å². The SMILES string of the molecule is Cc1ccc(S)c(N=Nc2ccccc2N=Nc2ccccc2[N+](=O)[O-])c1. The first-order chi connectivity index (χ1) is 13.0. The van der Waals surface area contributed by atoms with Gasteiger partial charge in [-0.15, -0.1) is 33.1 Å². The quantitative estimate of drug-likeness (QED) is 0.224. The summed E-state index contributed by atoms with van der Waals surface area (Å²) in [6.45, 7) is 1.96. The molecule has 0 aliphatic heterocycles. The summed E-state index contributed by atoms with van der Waals surface area (Å²) in [6, 6.07) is 18.9. The van der Waals surface area contributed by atoms with Gasteiger partial charge in [-0.2, -0.15) is 0 Å². The Hall–Kier alpha value is -3.39. The lowest BCUT2D eigenvalue weighted by atomic mass is 10.2. The van der Waals surface area contributed by atoms with Gasteiger partial charge in [0.25, 0.3) is 5.69 Å². The van der Waals surface area contributed by atoms with Gasteiger partial charge in [-0.05, 0) is 42.8 Å². The molecule has 0 fully saturated rings. The van der Waals surface area contributed by atoms with Crippen LogP contribution in [0.2, 0.25) is 0 Å². The number of rotatable bonds is 5. The molecule has 0 heterocycles. The van der Waals surface area contributed by atoms with E-state index in [1.165, 1.54) is 12.1 Å². The van der Waals surface area contributed by atoms with Crippen molar-refractivity contribution in [2.24, 2.45) is 20.5 Å². The molecule has 0 saturated carbocycles. The second-order valence-corrected chi connectivity index (χ2v) is 6.11. The second-order valence-electron chi connectivity index (χ2n) is 5.63. The van der Waals surface area contributed by atoms with E-state index in [1.54, 1.807) is 36.4 Å². The lowest BCUT2D eigenvalue weighted by molar-refractivity contribution is -0.384. The molecular formula is C19H15N5O2S. The van der Waals surface area contributed by atoms with Gasteiger partial charge < -0.3 is 0 Å². The molecule has 0 bridgehead atoms. The fourth-order valence-electron chi connectivity index (χ4n) is 2.27. The summed E-state index contributed by atoms with van der Waals surface area (Å²) in [5.74, 6) is 0. The molecule has 0 radical (unpaired) electrons. The van der Waals surface area contributed by atoms with Crippen LogP contribution in [0.3, 0.4) is 0 Å². The van der Waals surface area contributed by atoms with Crippen LogP contribution in [0.4, 0.5) is 28.4 Å². The molecule has 0 amide bonds. The van der Waals surface area contributed by atoms with Crippen molar-refractivity contribution in [2.45, 2.75) is 11.8 Å². The summed E-state index contributed by atoms with van der Waals surface area (Å²) in [5, 5.41) is 27.7. The Morgan fingerprint density at radius 2 is 1.30 bits per heavy atom. The average Bonchev–Trinajstić information content (AvgIpc) is 2.68. The highest BCUT2D eigenvalue weighted by Crippen LogP contribution is 2.34. The Bertz CT molecular complexity index is 1050. The van der Waals surface area contributed by atoms with Crippen LogP contribution in [0.1, 0.15) is 5.56 Å². The highest BCUT2D eigenvalue weighted by Gasteiger charge is 2.11. The molecule has 0 aliphatic rings. The van der Waals surface area contributed by atoms with Gasteiger partial charge in [0, 0.05) is 11.0 Å². The summed E-state index contributed by atoms with van der Waals surface area (Å²) in [4.78, 5) is 11.3. The van der Waals surface area contributed by atoms with Crippen molar-refractivity contribution in [3.8, 4) is 0 Å². The monoisotopic (exact) mass is 377 g/mol. The Labute approximate surface area is 161 Å². The summed E-state index contributed by atoms with van der Waals surface area (Å²) in [5.41, 5.74) is 2.70. The lowest BCUT2D eigenvalue weighted by Crippen LogP contribution is -1.86. The van der Waals surface area contributed by atoms with Crippen molar-refractivity contribution in [3.05, 3.63) is 82.4 Å². The molecule has 0 aliphatic carbocycles. The minimum atomic E-state index is -0.494. The largest absolute Gasteiger partial charge is 0.296 e. The minimum absolute atomic E-state index is 0.111. The Balaban J connectivity index is 1.92. The van der Waals surface area contributed by atoms with Crippen LogP contribution in [0.25, 0.3) is 0 Å². The zero-order valence-electron chi connectivity index (χ0n) is 14.4. The molecule has 0 unspecified atom stereocenters. The number of hydrogen-bond donors (Lipinski definition) is 1. The smallest absolute Gasteiger partial charge is 0.258 e. The van der Waals surface area contributed by atoms with Gasteiger partial charge in [-0.1, -0.05) is 30.3 Å². The number of nitro benzene ring substituents is 1. The minimum Gasteiger partial charge on any atom is -0.258 e. The highest BCUT2D eigenvalue weighted by molar-refractivity contribution is 7.80. The molecule has 0 spiro atoms. The second kappa shape index (κ2) is 8.33. The number of para-hydroxylation sites is 1. The van der Waals surface area contributed by atoms with E-state index in [0.29, 0.717) is 22.0 Å². The van der Waals surface area contributed by atoms with E-state index in [0.717, 1.165) is 5.56 Å². The summed E-state index contributed by atoms with van der Waals surface area (Å²) < 4.78 is 0. The number of aryl methyl sites for hydroxylation is 1. The maximum atomic E-state index is 11.1. The predicted molar refractivity (Wildman–Crippen MR) is 106 cm³/mol. The van der Waals surface area contributed by atoms with Gasteiger partial charge in [-0.3, -0.25) is 10.1 Å². The molecule has 0 atom stereocenters. The summed E-state index contributed by atoms with van der Waals surface area (Å²) >= 11 is 4.38. The van der Waals surface area contributed by atoms with Crippen molar-refractivity contribution in [3.63, 3.8) is 0 Å². The Morgan fingerprint density at radius 1 is 0.778 bits per heavy atom. The van der Waals surface area contributed by atoms with E-state index in [1.807, 2.05) is 25.1 Å². The molecule has 7 nitrogen and oxygen atoms in total. The van der Waals surface area contributed by atoms with Gasteiger partial charge in [0.1, 0.15) is 11.4 Å². The first-order valence-electron chi connectivity index (χ1n) is 8.00. The third-order valence-electron chi connectivity index (χ3n) is 3.62. The van der Waals surface area contributed by atoms with Crippen LogP contribution in [0.5, 0.6) is 0 Å². The normalized spacial score (nSPS) is 11.3. The first kappa shape index (κ1) is 18.4. The van der Waals surface area contributed by atoms with Crippen LogP contribution < -0.4 is 0 Å². The van der Waals surface area contributed by atoms with Crippen molar-refractivity contribution in [1.82, 2.24) is 0 Å². The maximum Gasteiger partial charge on any atom is 0.296 e. The van der Waals surface area contributed by atoms with Crippen LogP contribution in [0, 0.1) is 17.0 Å². The number of thiol groups is 1. The van der Waals surface area contributed by atoms with Crippen molar-refractivity contribution in [2.75, 3.05) is 0 Å². The van der Waals surface area contributed by atoms with E-state index in [-0.39, 0.29) is 11.4 Å². The lowest BCUT2D eigenvalue weighted by Gasteiger charge is -2.01. The number of nitro groups is 1. The standard InChI is InChI=1S/C19H15N5O2S/c1-13-10-11-19(27)17(12-13)23-21-15-7-3-2-6-14(15)20-22-16-8-4-5-9-18(16)24(25)26/h2-12,27H,1H3. The molecule has 134 valence electrons. The van der Waals surface area contributed by atoms with Gasteiger partial charge in [0.05, 0.1) is 10.6 Å². The van der Waals surface area contributed by atoms with Crippen molar-refractivity contribution in [1.29, 1.82) is 0 Å². The molecule has 27 heavy (non-hydrogen) atoms. The predicted octanol–water partition coefficient (Wildman–Crippen LogP) is 7.02. The molecule has 8 heteroatoms. The molecule has 0 aromatic heterocycles. The topological polar surface area (TPSA) is 92.6 Å². The number of benzene rings is 3. The summed E-state index contributed by atoms with van der Waals surface area (Å²) in [6.07, 6.45) is 0. The molecular weight excluding hydrogens is 362 g/mol. The molecule has 0 N–H and O–H groups in total. The first-order valence-corrected chi connectivity index (χ1v) is 8.45. The zero-order valence-corrected chi connectivity index (χ0v) is 15.2. The van der Waals surface area contributed by atoms with Crippen LogP contribution in [0.15, 0.2) is 92.1 Å². The Morgan fingerprint density at radius 3 is 1.93 bits per heavy atom. The molecule has 3 rings (SSSR count). The van der Waals surface area contributed by atoms with E-state index in [2.05, 4.69) is 33.1 Å². The van der Waals surface area contributed by atoms with E-state index < -0.39 is 4.92 Å². The molecule has 3 aromatic carbocycles. The van der Waals surface area contributed by atoms with Crippen LogP contribution >= 0.6 is 12.6 Å². The zero-order chi connectivity index (χ0) is 19.2. The van der Waals surface area contributed by atoms with Gasteiger partial charge >= 0.3 is 0 Å².